The minimum atomic E-state index is 0.523. The Bertz CT molecular complexity index is 725. The molecular weight excluding hydrogens is 290 g/mol. The van der Waals surface area contributed by atoms with E-state index in [1.54, 1.807) is 11.9 Å². The summed E-state index contributed by atoms with van der Waals surface area (Å²) in [6.45, 7) is 0.786. The Morgan fingerprint density at radius 2 is 2.00 bits per heavy atom. The van der Waals surface area contributed by atoms with Gasteiger partial charge in [-0.25, -0.2) is 4.98 Å². The molecule has 0 spiro atoms. The Kier molecular flexibility index (Phi) is 3.96. The van der Waals surface area contributed by atoms with Gasteiger partial charge in [0.1, 0.15) is 5.15 Å². The molecule has 2 aromatic heterocycles. The van der Waals surface area contributed by atoms with Gasteiger partial charge in [-0.2, -0.15) is 0 Å². The highest BCUT2D eigenvalue weighted by atomic mass is 35.5. The highest BCUT2D eigenvalue weighted by molar-refractivity contribution is 7.98. The first-order chi connectivity index (χ1) is 9.78. The van der Waals surface area contributed by atoms with Crippen molar-refractivity contribution in [2.75, 3.05) is 7.05 Å². The highest BCUT2D eigenvalue weighted by Gasteiger charge is 2.11. The molecule has 102 valence electrons. The van der Waals surface area contributed by atoms with Gasteiger partial charge in [0, 0.05) is 17.1 Å². The molecule has 20 heavy (non-hydrogen) atoms. The van der Waals surface area contributed by atoms with E-state index in [1.807, 2.05) is 37.4 Å². The van der Waals surface area contributed by atoms with Crippen LogP contribution in [0.15, 0.2) is 53.4 Å². The minimum absolute atomic E-state index is 0.523. The lowest BCUT2D eigenvalue weighted by Gasteiger charge is -2.09. The lowest BCUT2D eigenvalue weighted by atomic mass is 10.4. The van der Waals surface area contributed by atoms with Crippen LogP contribution in [0.3, 0.4) is 0 Å². The van der Waals surface area contributed by atoms with Gasteiger partial charge < -0.3 is 5.32 Å². The van der Waals surface area contributed by atoms with Gasteiger partial charge in [0.25, 0.3) is 0 Å². The van der Waals surface area contributed by atoms with Crippen molar-refractivity contribution in [1.82, 2.24) is 14.3 Å². The molecule has 1 N–H and O–H groups in total. The summed E-state index contributed by atoms with van der Waals surface area (Å²) in [6, 6.07) is 16.2. The molecule has 0 saturated heterocycles. The smallest absolute Gasteiger partial charge is 0.129 e. The Morgan fingerprint density at radius 3 is 2.75 bits per heavy atom. The van der Waals surface area contributed by atoms with E-state index in [2.05, 4.69) is 32.5 Å². The standard InChI is InChI=1S/C15H14ClN3S/c1-17-10-11-9-13-14(7-8-15(16)18-13)19(11)20-12-5-3-2-4-6-12/h2-9,17H,10H2,1H3. The maximum absolute atomic E-state index is 5.97. The molecule has 0 unspecified atom stereocenters. The second-order valence-electron chi connectivity index (χ2n) is 4.40. The number of hydrogen-bond acceptors (Lipinski definition) is 3. The van der Waals surface area contributed by atoms with E-state index in [0.29, 0.717) is 5.15 Å². The predicted molar refractivity (Wildman–Crippen MR) is 85.2 cm³/mol. The number of hydrogen-bond donors (Lipinski definition) is 1. The van der Waals surface area contributed by atoms with Gasteiger partial charge in [0.15, 0.2) is 0 Å². The van der Waals surface area contributed by atoms with Crippen molar-refractivity contribution in [2.24, 2.45) is 0 Å². The molecule has 0 amide bonds. The van der Waals surface area contributed by atoms with Crippen molar-refractivity contribution in [3.63, 3.8) is 0 Å². The third-order valence-electron chi connectivity index (χ3n) is 2.95. The third kappa shape index (κ3) is 2.68. The van der Waals surface area contributed by atoms with Crippen LogP contribution >= 0.6 is 23.5 Å². The van der Waals surface area contributed by atoms with Gasteiger partial charge in [0.05, 0.1) is 11.0 Å². The largest absolute Gasteiger partial charge is 0.314 e. The number of fused-ring (bicyclic) bond motifs is 1. The first kappa shape index (κ1) is 13.5. The van der Waals surface area contributed by atoms with E-state index in [0.717, 1.165) is 17.6 Å². The quantitative estimate of drug-likeness (QED) is 0.740. The summed E-state index contributed by atoms with van der Waals surface area (Å²) < 4.78 is 2.20. The Balaban J connectivity index is 2.09. The van der Waals surface area contributed by atoms with Crippen molar-refractivity contribution in [2.45, 2.75) is 11.4 Å². The van der Waals surface area contributed by atoms with Crippen LogP contribution in [0.2, 0.25) is 5.15 Å². The van der Waals surface area contributed by atoms with Gasteiger partial charge in [-0.3, -0.25) is 3.97 Å². The van der Waals surface area contributed by atoms with Crippen LogP contribution in [-0.4, -0.2) is 16.0 Å². The molecule has 5 heteroatoms. The fourth-order valence-electron chi connectivity index (χ4n) is 2.09. The number of benzene rings is 1. The zero-order chi connectivity index (χ0) is 13.9. The van der Waals surface area contributed by atoms with Gasteiger partial charge in [0.2, 0.25) is 0 Å². The summed E-state index contributed by atoms with van der Waals surface area (Å²) in [7, 11) is 1.94. The summed E-state index contributed by atoms with van der Waals surface area (Å²) in [5.74, 6) is 0. The van der Waals surface area contributed by atoms with Crippen molar-refractivity contribution in [1.29, 1.82) is 0 Å². The summed E-state index contributed by atoms with van der Waals surface area (Å²) in [4.78, 5) is 5.58. The van der Waals surface area contributed by atoms with E-state index in [9.17, 15) is 0 Å². The van der Waals surface area contributed by atoms with Gasteiger partial charge in [-0.15, -0.1) is 0 Å². The zero-order valence-electron chi connectivity index (χ0n) is 11.0. The van der Waals surface area contributed by atoms with Crippen molar-refractivity contribution >= 4 is 34.6 Å². The average Bonchev–Trinajstić information content (AvgIpc) is 2.77. The second-order valence-corrected chi connectivity index (χ2v) is 5.81. The number of rotatable bonds is 4. The van der Waals surface area contributed by atoms with Crippen LogP contribution in [0.5, 0.6) is 0 Å². The van der Waals surface area contributed by atoms with Crippen LogP contribution < -0.4 is 5.32 Å². The topological polar surface area (TPSA) is 29.9 Å². The van der Waals surface area contributed by atoms with E-state index < -0.39 is 0 Å². The summed E-state index contributed by atoms with van der Waals surface area (Å²) in [5.41, 5.74) is 3.17. The second kappa shape index (κ2) is 5.87. The van der Waals surface area contributed by atoms with Gasteiger partial charge in [-0.1, -0.05) is 29.8 Å². The molecule has 0 radical (unpaired) electrons. The molecule has 3 rings (SSSR count). The Hall–Kier alpha value is -1.49. The molecule has 3 aromatic rings. The normalized spacial score (nSPS) is 11.1. The fourth-order valence-corrected chi connectivity index (χ4v) is 3.22. The first-order valence-corrected chi connectivity index (χ1v) is 7.48. The zero-order valence-corrected chi connectivity index (χ0v) is 12.6. The summed E-state index contributed by atoms with van der Waals surface area (Å²) in [5, 5.41) is 3.71. The van der Waals surface area contributed by atoms with Crippen LogP contribution in [-0.2, 0) is 6.54 Å². The highest BCUT2D eigenvalue weighted by Crippen LogP contribution is 2.29. The fraction of sp³-hybridized carbons (Fsp3) is 0.133. The van der Waals surface area contributed by atoms with Crippen LogP contribution in [0, 0.1) is 0 Å². The van der Waals surface area contributed by atoms with Crippen LogP contribution in [0.25, 0.3) is 11.0 Å². The molecular formula is C15H14ClN3S. The summed E-state index contributed by atoms with van der Waals surface area (Å²) in [6.07, 6.45) is 0. The molecule has 0 aliphatic heterocycles. The molecule has 0 saturated carbocycles. The lowest BCUT2D eigenvalue weighted by Crippen LogP contribution is -2.08. The van der Waals surface area contributed by atoms with E-state index in [4.69, 9.17) is 11.6 Å². The minimum Gasteiger partial charge on any atom is -0.314 e. The molecule has 1 aromatic carbocycles. The van der Waals surface area contributed by atoms with E-state index >= 15 is 0 Å². The molecule has 2 heterocycles. The monoisotopic (exact) mass is 303 g/mol. The van der Waals surface area contributed by atoms with E-state index in [1.165, 1.54) is 10.6 Å². The predicted octanol–water partition coefficient (Wildman–Crippen LogP) is 3.96. The first-order valence-electron chi connectivity index (χ1n) is 6.33. The number of halogens is 1. The van der Waals surface area contributed by atoms with Crippen LogP contribution in [0.4, 0.5) is 0 Å². The average molecular weight is 304 g/mol. The molecule has 3 nitrogen and oxygen atoms in total. The number of aromatic nitrogens is 2. The molecule has 0 aliphatic carbocycles. The van der Waals surface area contributed by atoms with Gasteiger partial charge in [-0.05, 0) is 49.3 Å². The van der Waals surface area contributed by atoms with Crippen LogP contribution in [0.1, 0.15) is 5.69 Å². The molecule has 0 bridgehead atoms. The maximum Gasteiger partial charge on any atom is 0.129 e. The third-order valence-corrected chi connectivity index (χ3v) is 4.26. The number of nitrogens with zero attached hydrogens (tertiary/aromatic N) is 2. The lowest BCUT2D eigenvalue weighted by molar-refractivity contribution is 0.791. The Labute approximate surface area is 127 Å². The van der Waals surface area contributed by atoms with E-state index in [-0.39, 0.29) is 0 Å². The Morgan fingerprint density at radius 1 is 1.20 bits per heavy atom. The van der Waals surface area contributed by atoms with Gasteiger partial charge >= 0.3 is 0 Å². The maximum atomic E-state index is 5.97. The molecule has 0 aliphatic rings. The molecule has 0 fully saturated rings. The number of nitrogens with one attached hydrogen (secondary N) is 1. The summed E-state index contributed by atoms with van der Waals surface area (Å²) >= 11 is 7.66. The number of pyridine rings is 1. The van der Waals surface area contributed by atoms with Crippen molar-refractivity contribution in [3.05, 3.63) is 59.4 Å². The molecule has 0 atom stereocenters. The SMILES string of the molecule is CNCc1cc2nc(Cl)ccc2n1Sc1ccccc1. The van der Waals surface area contributed by atoms with Crippen molar-refractivity contribution < 1.29 is 0 Å². The van der Waals surface area contributed by atoms with Crippen molar-refractivity contribution in [3.8, 4) is 0 Å².